The van der Waals surface area contributed by atoms with Crippen LogP contribution in [0.3, 0.4) is 0 Å². The second-order valence-electron chi connectivity index (χ2n) is 9.47. The van der Waals surface area contributed by atoms with Gasteiger partial charge in [-0.25, -0.2) is 9.18 Å². The number of hydrogen-bond donors (Lipinski definition) is 3. The fourth-order valence-corrected chi connectivity index (χ4v) is 7.00. The maximum Gasteiger partial charge on any atom is 0.336 e. The Morgan fingerprint density at radius 2 is 1.96 bits per heavy atom. The van der Waals surface area contributed by atoms with Gasteiger partial charge < -0.3 is 15.3 Å². The lowest BCUT2D eigenvalue weighted by Crippen LogP contribution is -2.69. The van der Waals surface area contributed by atoms with Crippen molar-refractivity contribution in [2.24, 2.45) is 28.6 Å². The highest BCUT2D eigenvalue weighted by Gasteiger charge is 2.76. The Kier molecular flexibility index (Phi) is 3.69. The number of hydrogen-bond acceptors (Lipinski definition) is 4. The monoisotopic (exact) mass is 378 g/mol. The number of aliphatic hydroxyl groups is 2. The Balaban J connectivity index is 1.85. The largest absolute Gasteiger partial charge is 0.479 e. The van der Waals surface area contributed by atoms with E-state index in [2.05, 4.69) is 0 Å². The Morgan fingerprint density at radius 1 is 1.30 bits per heavy atom. The van der Waals surface area contributed by atoms with Crippen LogP contribution in [0.15, 0.2) is 23.8 Å². The minimum absolute atomic E-state index is 0.123. The fourth-order valence-electron chi connectivity index (χ4n) is 7.00. The molecule has 0 aliphatic heterocycles. The van der Waals surface area contributed by atoms with Crippen molar-refractivity contribution in [2.75, 3.05) is 0 Å². The van der Waals surface area contributed by atoms with Crippen molar-refractivity contribution < 1.29 is 29.3 Å². The van der Waals surface area contributed by atoms with Gasteiger partial charge in [0.2, 0.25) is 0 Å². The molecule has 3 saturated carbocycles. The third-order valence-electron chi connectivity index (χ3n) is 8.55. The zero-order valence-corrected chi connectivity index (χ0v) is 15.9. The van der Waals surface area contributed by atoms with Crippen LogP contribution in [-0.2, 0) is 9.59 Å². The van der Waals surface area contributed by atoms with E-state index < -0.39 is 46.0 Å². The van der Waals surface area contributed by atoms with Gasteiger partial charge in [-0.05, 0) is 56.6 Å². The van der Waals surface area contributed by atoms with Crippen molar-refractivity contribution in [1.82, 2.24) is 0 Å². The highest BCUT2D eigenvalue weighted by atomic mass is 19.1. The number of carboxylic acid groups (broad SMARTS) is 1. The number of aliphatic hydroxyl groups excluding tert-OH is 1. The van der Waals surface area contributed by atoms with Gasteiger partial charge in [-0.2, -0.15) is 0 Å². The van der Waals surface area contributed by atoms with Gasteiger partial charge in [0.1, 0.15) is 0 Å². The summed E-state index contributed by atoms with van der Waals surface area (Å²) in [5, 5.41) is 31.9. The molecule has 0 aromatic carbocycles. The molecule has 0 bridgehead atoms. The smallest absolute Gasteiger partial charge is 0.336 e. The molecular weight excluding hydrogens is 351 g/mol. The topological polar surface area (TPSA) is 94.8 Å². The fraction of sp³-hybridized carbons (Fsp3) is 0.714. The molecule has 3 fully saturated rings. The van der Waals surface area contributed by atoms with Crippen LogP contribution in [-0.4, -0.2) is 44.4 Å². The van der Waals surface area contributed by atoms with Crippen LogP contribution in [0.25, 0.3) is 0 Å². The van der Waals surface area contributed by atoms with E-state index in [1.54, 1.807) is 26.8 Å². The van der Waals surface area contributed by atoms with Crippen molar-refractivity contribution >= 4 is 11.8 Å². The first-order valence-electron chi connectivity index (χ1n) is 9.70. The third-order valence-corrected chi connectivity index (χ3v) is 8.55. The minimum Gasteiger partial charge on any atom is -0.479 e. The number of carbonyl (C=O) groups excluding carboxylic acids is 1. The molecular formula is C21H27FO5. The van der Waals surface area contributed by atoms with Crippen molar-refractivity contribution in [1.29, 1.82) is 0 Å². The van der Waals surface area contributed by atoms with E-state index in [9.17, 15) is 24.9 Å². The van der Waals surface area contributed by atoms with Gasteiger partial charge in [0.05, 0.1) is 6.10 Å². The van der Waals surface area contributed by atoms with E-state index in [1.807, 2.05) is 0 Å². The summed E-state index contributed by atoms with van der Waals surface area (Å²) in [7, 11) is 0. The summed E-state index contributed by atoms with van der Waals surface area (Å²) in [5.41, 5.74) is -5.51. The summed E-state index contributed by atoms with van der Waals surface area (Å²) in [5.74, 6) is -2.94. The van der Waals surface area contributed by atoms with Crippen LogP contribution in [0.4, 0.5) is 4.39 Å². The molecule has 0 amide bonds. The lowest BCUT2D eigenvalue weighted by Gasteiger charge is -2.62. The highest BCUT2D eigenvalue weighted by Crippen LogP contribution is 2.70. The quantitative estimate of drug-likeness (QED) is 0.651. The number of carboxylic acids is 1. The van der Waals surface area contributed by atoms with Crippen LogP contribution in [0.1, 0.15) is 46.5 Å². The molecule has 27 heavy (non-hydrogen) atoms. The first-order valence-corrected chi connectivity index (χ1v) is 9.70. The lowest BCUT2D eigenvalue weighted by molar-refractivity contribution is -0.225. The van der Waals surface area contributed by atoms with Crippen molar-refractivity contribution in [2.45, 2.75) is 63.8 Å². The predicted molar refractivity (Wildman–Crippen MR) is 95.5 cm³/mol. The summed E-state index contributed by atoms with van der Waals surface area (Å²) in [6.45, 7) is 5.10. The second-order valence-corrected chi connectivity index (χ2v) is 9.47. The Labute approximate surface area is 158 Å². The summed E-state index contributed by atoms with van der Waals surface area (Å²) >= 11 is 0. The molecule has 148 valence electrons. The maximum atomic E-state index is 16.8. The van der Waals surface area contributed by atoms with E-state index in [0.29, 0.717) is 24.8 Å². The van der Waals surface area contributed by atoms with E-state index in [0.717, 1.165) is 0 Å². The van der Waals surface area contributed by atoms with Crippen LogP contribution in [0, 0.1) is 28.6 Å². The average Bonchev–Trinajstić information content (AvgIpc) is 2.79. The molecule has 3 N–H and O–H groups in total. The number of alkyl halides is 1. The molecule has 0 heterocycles. The number of aliphatic carboxylic acids is 1. The Hall–Kier alpha value is -1.53. The summed E-state index contributed by atoms with van der Waals surface area (Å²) in [4.78, 5) is 23.8. The number of ketones is 1. The van der Waals surface area contributed by atoms with Gasteiger partial charge in [0.25, 0.3) is 0 Å². The molecule has 0 spiro atoms. The summed E-state index contributed by atoms with van der Waals surface area (Å²) in [6, 6.07) is 0. The van der Waals surface area contributed by atoms with Gasteiger partial charge in [-0.15, -0.1) is 0 Å². The zero-order chi connectivity index (χ0) is 20.0. The molecule has 0 aromatic rings. The molecule has 6 heteroatoms. The van der Waals surface area contributed by atoms with Gasteiger partial charge in [-0.3, -0.25) is 4.79 Å². The predicted octanol–water partition coefficient (Wildman–Crippen LogP) is 2.42. The summed E-state index contributed by atoms with van der Waals surface area (Å²) < 4.78 is 16.8. The molecule has 5 nitrogen and oxygen atoms in total. The van der Waals surface area contributed by atoms with Gasteiger partial charge >= 0.3 is 5.97 Å². The SMILES string of the molecule is C[C@@H]1C[C@H]2C3CCC4=CC(=O)C=CC4(C)[C@@]3(F)C(O)CC2(C)[C@@]1(O)C(=O)O. The normalized spacial score (nSPS) is 54.0. The van der Waals surface area contributed by atoms with Crippen LogP contribution < -0.4 is 0 Å². The van der Waals surface area contributed by atoms with Crippen molar-refractivity contribution in [3.05, 3.63) is 23.8 Å². The molecule has 0 saturated heterocycles. The average molecular weight is 378 g/mol. The Bertz CT molecular complexity index is 789. The number of carbonyl (C=O) groups is 2. The zero-order valence-electron chi connectivity index (χ0n) is 15.9. The van der Waals surface area contributed by atoms with Crippen LogP contribution >= 0.6 is 0 Å². The number of allylic oxidation sites excluding steroid dienone is 4. The first kappa shape index (κ1) is 18.8. The van der Waals surface area contributed by atoms with E-state index in [1.165, 1.54) is 12.2 Å². The van der Waals surface area contributed by atoms with Crippen LogP contribution in [0.5, 0.6) is 0 Å². The van der Waals surface area contributed by atoms with Gasteiger partial charge in [-0.1, -0.05) is 25.5 Å². The minimum atomic E-state index is -2.00. The standard InChI is InChI=1S/C21H27FO5/c1-11-8-15-14-5-4-12-9-13(23)6-7-18(12,2)20(14,22)16(24)10-19(15,3)21(11,27)17(25)26/h6-7,9,11,14-16,24,27H,4-5,8,10H2,1-3H3,(H,25,26)/t11-,14?,15+,16?,18?,19?,20+,21+/m1/s1. The highest BCUT2D eigenvalue weighted by molar-refractivity contribution is 6.01. The van der Waals surface area contributed by atoms with Crippen LogP contribution in [0.2, 0.25) is 0 Å². The van der Waals surface area contributed by atoms with Crippen molar-refractivity contribution in [3.63, 3.8) is 0 Å². The van der Waals surface area contributed by atoms with E-state index in [4.69, 9.17) is 0 Å². The Morgan fingerprint density at radius 3 is 2.59 bits per heavy atom. The molecule has 4 aliphatic rings. The number of halogens is 1. The van der Waals surface area contributed by atoms with Gasteiger partial charge in [0.15, 0.2) is 17.1 Å². The second kappa shape index (κ2) is 5.29. The van der Waals surface area contributed by atoms with E-state index >= 15 is 4.39 Å². The number of rotatable bonds is 1. The first-order chi connectivity index (χ1) is 12.4. The molecule has 4 rings (SSSR count). The molecule has 0 radical (unpaired) electrons. The third kappa shape index (κ3) is 1.91. The summed E-state index contributed by atoms with van der Waals surface area (Å²) in [6.07, 6.45) is 4.22. The molecule has 0 aromatic heterocycles. The maximum absolute atomic E-state index is 16.8. The lowest BCUT2D eigenvalue weighted by atomic mass is 9.45. The molecule has 8 atom stereocenters. The van der Waals surface area contributed by atoms with Gasteiger partial charge in [0, 0.05) is 16.7 Å². The van der Waals surface area contributed by atoms with Crippen molar-refractivity contribution in [3.8, 4) is 0 Å². The number of fused-ring (bicyclic) bond motifs is 5. The molecule has 4 aliphatic carbocycles. The molecule has 4 unspecified atom stereocenters. The van der Waals surface area contributed by atoms with E-state index in [-0.39, 0.29) is 18.1 Å².